The summed E-state index contributed by atoms with van der Waals surface area (Å²) in [6, 6.07) is 19.1. The summed E-state index contributed by atoms with van der Waals surface area (Å²) < 4.78 is 18.8. The van der Waals surface area contributed by atoms with Crippen molar-refractivity contribution in [1.29, 1.82) is 5.26 Å². The van der Waals surface area contributed by atoms with Crippen LogP contribution in [0.3, 0.4) is 0 Å². The van der Waals surface area contributed by atoms with E-state index in [9.17, 15) is 10.1 Å². The number of para-hydroxylation sites is 2. The molecule has 0 radical (unpaired) electrons. The molecule has 8 heteroatoms. The van der Waals surface area contributed by atoms with E-state index in [0.29, 0.717) is 41.5 Å². The van der Waals surface area contributed by atoms with Gasteiger partial charge in [-0.1, -0.05) is 30.3 Å². The molecule has 2 aromatic heterocycles. The molecule has 0 saturated carbocycles. The van der Waals surface area contributed by atoms with Crippen LogP contribution in [0.5, 0.6) is 5.75 Å². The average molecular weight is 469 g/mol. The van der Waals surface area contributed by atoms with Crippen molar-refractivity contribution in [3.8, 4) is 29.0 Å². The summed E-state index contributed by atoms with van der Waals surface area (Å²) in [5.74, 6) is 0.662. The number of nitrogens with zero attached hydrogens (tertiary/aromatic N) is 3. The maximum absolute atomic E-state index is 12.8. The number of benzene rings is 2. The molecule has 1 unspecified atom stereocenters. The van der Waals surface area contributed by atoms with Gasteiger partial charge in [0.25, 0.3) is 5.91 Å². The number of nitriles is 1. The summed E-state index contributed by atoms with van der Waals surface area (Å²) in [5.41, 5.74) is 2.50. The van der Waals surface area contributed by atoms with Crippen LogP contribution in [0.25, 0.3) is 34.2 Å². The minimum atomic E-state index is -0.451. The predicted molar refractivity (Wildman–Crippen MR) is 131 cm³/mol. The Morgan fingerprint density at radius 3 is 2.89 bits per heavy atom. The van der Waals surface area contributed by atoms with Crippen LogP contribution in [0.4, 0.5) is 0 Å². The van der Waals surface area contributed by atoms with E-state index >= 15 is 0 Å². The van der Waals surface area contributed by atoms with Crippen molar-refractivity contribution < 1.29 is 18.7 Å². The van der Waals surface area contributed by atoms with Gasteiger partial charge in [0.05, 0.1) is 18.9 Å². The number of hydrogen-bond acceptors (Lipinski definition) is 6. The van der Waals surface area contributed by atoms with Crippen LogP contribution in [0.1, 0.15) is 18.4 Å². The summed E-state index contributed by atoms with van der Waals surface area (Å²) in [4.78, 5) is 12.8. The Labute approximate surface area is 202 Å². The predicted octanol–water partition coefficient (Wildman–Crippen LogP) is 4.50. The number of hydrogen-bond donors (Lipinski definition) is 1. The van der Waals surface area contributed by atoms with Gasteiger partial charge in [-0.05, 0) is 43.2 Å². The molecule has 0 aliphatic carbocycles. The molecular formula is C27H24N4O4. The van der Waals surface area contributed by atoms with Gasteiger partial charge in [0.15, 0.2) is 17.1 Å². The highest BCUT2D eigenvalue weighted by atomic mass is 16.5. The second kappa shape index (κ2) is 9.87. The number of carbonyl (C=O) groups excluding carboxylic acids is 1. The van der Waals surface area contributed by atoms with Crippen molar-refractivity contribution in [2.75, 3.05) is 20.3 Å². The van der Waals surface area contributed by atoms with E-state index in [1.165, 1.54) is 6.08 Å². The van der Waals surface area contributed by atoms with E-state index in [1.807, 2.05) is 60.7 Å². The summed E-state index contributed by atoms with van der Waals surface area (Å²) in [6.07, 6.45) is 5.18. The molecule has 1 fully saturated rings. The topological polar surface area (TPSA) is 102 Å². The highest BCUT2D eigenvalue weighted by Crippen LogP contribution is 2.35. The molecule has 1 N–H and O–H groups in total. The van der Waals surface area contributed by atoms with Crippen LogP contribution in [-0.4, -0.2) is 42.1 Å². The lowest BCUT2D eigenvalue weighted by molar-refractivity contribution is -0.117. The SMILES string of the molecule is COc1cccc2cc(-c3nn(-c4ccccc4)cc3/C=C(/C#N)C(=O)NCC3CCCO3)oc12. The molecule has 1 amide bonds. The van der Waals surface area contributed by atoms with Crippen molar-refractivity contribution in [2.24, 2.45) is 0 Å². The normalized spacial score (nSPS) is 15.8. The number of ether oxygens (including phenoxy) is 2. The van der Waals surface area contributed by atoms with Crippen molar-refractivity contribution in [2.45, 2.75) is 18.9 Å². The third-order valence-corrected chi connectivity index (χ3v) is 5.90. The molecule has 176 valence electrons. The molecule has 1 atom stereocenters. The fourth-order valence-electron chi connectivity index (χ4n) is 4.12. The van der Waals surface area contributed by atoms with E-state index in [1.54, 1.807) is 18.0 Å². The van der Waals surface area contributed by atoms with Crippen LogP contribution in [0.15, 0.2) is 70.8 Å². The van der Waals surface area contributed by atoms with Crippen molar-refractivity contribution in [3.05, 3.63) is 71.9 Å². The van der Waals surface area contributed by atoms with E-state index in [-0.39, 0.29) is 11.7 Å². The van der Waals surface area contributed by atoms with Crippen molar-refractivity contribution in [3.63, 3.8) is 0 Å². The third kappa shape index (κ3) is 4.67. The zero-order valence-electron chi connectivity index (χ0n) is 19.2. The number of furan rings is 1. The van der Waals surface area contributed by atoms with Gasteiger partial charge in [-0.3, -0.25) is 4.79 Å². The van der Waals surface area contributed by atoms with Crippen LogP contribution in [-0.2, 0) is 9.53 Å². The molecule has 1 saturated heterocycles. The lowest BCUT2D eigenvalue weighted by Gasteiger charge is -2.10. The van der Waals surface area contributed by atoms with Gasteiger partial charge in [-0.15, -0.1) is 0 Å². The Balaban J connectivity index is 1.54. The maximum Gasteiger partial charge on any atom is 0.262 e. The first kappa shape index (κ1) is 22.4. The minimum Gasteiger partial charge on any atom is -0.493 e. The van der Waals surface area contributed by atoms with Gasteiger partial charge in [-0.2, -0.15) is 10.4 Å². The number of fused-ring (bicyclic) bond motifs is 1. The lowest BCUT2D eigenvalue weighted by atomic mass is 10.1. The third-order valence-electron chi connectivity index (χ3n) is 5.90. The van der Waals surface area contributed by atoms with Gasteiger partial charge >= 0.3 is 0 Å². The van der Waals surface area contributed by atoms with Crippen molar-refractivity contribution in [1.82, 2.24) is 15.1 Å². The summed E-state index contributed by atoms with van der Waals surface area (Å²) in [5, 5.41) is 18.1. The van der Waals surface area contributed by atoms with Gasteiger partial charge in [0.1, 0.15) is 17.3 Å². The lowest BCUT2D eigenvalue weighted by Crippen LogP contribution is -2.32. The second-order valence-electron chi connectivity index (χ2n) is 8.22. The monoisotopic (exact) mass is 468 g/mol. The standard InChI is InChI=1S/C27H24N4O4/c1-33-23-11-5-7-18-14-24(35-26(18)23)25-20(17-31(30-25)21-8-3-2-4-9-21)13-19(15-28)27(32)29-16-22-10-6-12-34-22/h2-5,7-9,11,13-14,17,22H,6,10,12,16H2,1H3,(H,29,32)/b19-13-. The van der Waals surface area contributed by atoms with Gasteiger partial charge in [0, 0.05) is 30.3 Å². The molecule has 5 rings (SSSR count). The van der Waals surface area contributed by atoms with Crippen LogP contribution in [0, 0.1) is 11.3 Å². The first-order valence-electron chi connectivity index (χ1n) is 11.4. The van der Waals surface area contributed by atoms with E-state index in [2.05, 4.69) is 5.32 Å². The van der Waals surface area contributed by atoms with E-state index in [0.717, 1.165) is 23.9 Å². The molecule has 0 bridgehead atoms. The van der Waals surface area contributed by atoms with Crippen LogP contribution < -0.4 is 10.1 Å². The molecule has 8 nitrogen and oxygen atoms in total. The number of nitrogens with one attached hydrogen (secondary N) is 1. The Morgan fingerprint density at radius 2 is 2.14 bits per heavy atom. The molecule has 35 heavy (non-hydrogen) atoms. The van der Waals surface area contributed by atoms with E-state index in [4.69, 9.17) is 19.0 Å². The molecular weight excluding hydrogens is 444 g/mol. The molecule has 1 aliphatic rings. The van der Waals surface area contributed by atoms with Gasteiger partial charge in [-0.25, -0.2) is 4.68 Å². The van der Waals surface area contributed by atoms with Gasteiger partial charge < -0.3 is 19.2 Å². The van der Waals surface area contributed by atoms with Crippen LogP contribution >= 0.6 is 0 Å². The smallest absolute Gasteiger partial charge is 0.262 e. The van der Waals surface area contributed by atoms with Crippen LogP contribution in [0.2, 0.25) is 0 Å². The Bertz CT molecular complexity index is 1420. The highest BCUT2D eigenvalue weighted by Gasteiger charge is 2.21. The molecule has 3 heterocycles. The highest BCUT2D eigenvalue weighted by molar-refractivity contribution is 6.02. The largest absolute Gasteiger partial charge is 0.493 e. The average Bonchev–Trinajstić information content (AvgIpc) is 3.65. The van der Waals surface area contributed by atoms with Crippen molar-refractivity contribution >= 4 is 23.0 Å². The van der Waals surface area contributed by atoms with Gasteiger partial charge in [0.2, 0.25) is 0 Å². The number of methoxy groups -OCH3 is 1. The summed E-state index contributed by atoms with van der Waals surface area (Å²) >= 11 is 0. The molecule has 2 aromatic carbocycles. The summed E-state index contributed by atoms with van der Waals surface area (Å²) in [6.45, 7) is 1.07. The number of aromatic nitrogens is 2. The number of rotatable bonds is 7. The molecule has 4 aromatic rings. The first-order valence-corrected chi connectivity index (χ1v) is 11.4. The Kier molecular flexibility index (Phi) is 6.33. The quantitative estimate of drug-likeness (QED) is 0.317. The second-order valence-corrected chi connectivity index (χ2v) is 8.22. The van der Waals surface area contributed by atoms with E-state index < -0.39 is 5.91 Å². The fourth-order valence-corrected chi connectivity index (χ4v) is 4.12. The first-order chi connectivity index (χ1) is 17.2. The maximum atomic E-state index is 12.8. The molecule has 0 spiro atoms. The number of amides is 1. The molecule has 1 aliphatic heterocycles. The zero-order chi connectivity index (χ0) is 24.2. The Morgan fingerprint density at radius 1 is 1.29 bits per heavy atom. The Hall–Kier alpha value is -4.35. The summed E-state index contributed by atoms with van der Waals surface area (Å²) in [7, 11) is 1.59. The minimum absolute atomic E-state index is 0.0131. The fraction of sp³-hybridized carbons (Fsp3) is 0.222. The zero-order valence-corrected chi connectivity index (χ0v) is 19.2. The number of carbonyl (C=O) groups is 1.